The SMILES string of the molecule is COC(=O)c1ccc2[nH]cc(Br)c2n1. The summed E-state index contributed by atoms with van der Waals surface area (Å²) in [6, 6.07) is 3.41. The monoisotopic (exact) mass is 254 g/mol. The third-order valence-corrected chi connectivity index (χ3v) is 2.47. The van der Waals surface area contributed by atoms with Crippen LogP contribution in [0, 0.1) is 0 Å². The molecule has 0 saturated carbocycles. The summed E-state index contributed by atoms with van der Waals surface area (Å²) in [4.78, 5) is 18.3. The van der Waals surface area contributed by atoms with Crippen LogP contribution in [0.25, 0.3) is 11.0 Å². The van der Waals surface area contributed by atoms with Gasteiger partial charge in [-0.15, -0.1) is 0 Å². The molecule has 2 heterocycles. The topological polar surface area (TPSA) is 55.0 Å². The molecule has 0 aliphatic carbocycles. The fraction of sp³-hybridized carbons (Fsp3) is 0.111. The Kier molecular flexibility index (Phi) is 2.25. The summed E-state index contributed by atoms with van der Waals surface area (Å²) in [5.74, 6) is -0.431. The van der Waals surface area contributed by atoms with Crippen molar-refractivity contribution in [1.82, 2.24) is 9.97 Å². The van der Waals surface area contributed by atoms with Crippen LogP contribution in [-0.2, 0) is 4.74 Å². The number of aromatic amines is 1. The van der Waals surface area contributed by atoms with E-state index in [1.165, 1.54) is 7.11 Å². The summed E-state index contributed by atoms with van der Waals surface area (Å²) in [5.41, 5.74) is 1.91. The van der Waals surface area contributed by atoms with E-state index in [1.54, 1.807) is 18.3 Å². The van der Waals surface area contributed by atoms with Crippen LogP contribution < -0.4 is 0 Å². The summed E-state index contributed by atoms with van der Waals surface area (Å²) >= 11 is 3.33. The summed E-state index contributed by atoms with van der Waals surface area (Å²) in [6.07, 6.45) is 1.78. The highest BCUT2D eigenvalue weighted by Gasteiger charge is 2.09. The van der Waals surface area contributed by atoms with Gasteiger partial charge in [-0.3, -0.25) is 0 Å². The minimum atomic E-state index is -0.431. The van der Waals surface area contributed by atoms with Crippen molar-refractivity contribution in [3.05, 3.63) is 28.5 Å². The van der Waals surface area contributed by atoms with E-state index >= 15 is 0 Å². The van der Waals surface area contributed by atoms with Crippen molar-refractivity contribution in [2.45, 2.75) is 0 Å². The fourth-order valence-corrected chi connectivity index (χ4v) is 1.60. The Morgan fingerprint density at radius 1 is 1.57 bits per heavy atom. The average Bonchev–Trinajstić information content (AvgIpc) is 2.59. The van der Waals surface area contributed by atoms with Gasteiger partial charge in [-0.2, -0.15) is 0 Å². The molecule has 72 valence electrons. The van der Waals surface area contributed by atoms with Crippen LogP contribution in [0.15, 0.2) is 22.8 Å². The number of ether oxygens (including phenoxy) is 1. The largest absolute Gasteiger partial charge is 0.464 e. The Balaban J connectivity index is 2.60. The number of H-pyrrole nitrogens is 1. The molecule has 0 saturated heterocycles. The first-order valence-electron chi connectivity index (χ1n) is 3.94. The number of nitrogens with one attached hydrogen (secondary N) is 1. The molecule has 4 nitrogen and oxygen atoms in total. The van der Waals surface area contributed by atoms with E-state index in [1.807, 2.05) is 0 Å². The standard InChI is InChI=1S/C9H7BrN2O2/c1-14-9(13)7-3-2-6-8(12-7)5(10)4-11-6/h2-4,11H,1H3. The average molecular weight is 255 g/mol. The molecular weight excluding hydrogens is 248 g/mol. The Morgan fingerprint density at radius 2 is 2.36 bits per heavy atom. The van der Waals surface area contributed by atoms with Gasteiger partial charge in [0, 0.05) is 6.20 Å². The van der Waals surface area contributed by atoms with Crippen LogP contribution in [0.1, 0.15) is 10.5 Å². The maximum Gasteiger partial charge on any atom is 0.356 e. The van der Waals surface area contributed by atoms with Gasteiger partial charge in [-0.25, -0.2) is 9.78 Å². The highest BCUT2D eigenvalue weighted by molar-refractivity contribution is 9.10. The number of aromatic nitrogens is 2. The highest BCUT2D eigenvalue weighted by atomic mass is 79.9. The van der Waals surface area contributed by atoms with Gasteiger partial charge in [0.1, 0.15) is 11.2 Å². The number of hydrogen-bond donors (Lipinski definition) is 1. The molecule has 0 atom stereocenters. The maximum absolute atomic E-state index is 11.2. The van der Waals surface area contributed by atoms with Crippen molar-refractivity contribution in [2.24, 2.45) is 0 Å². The Bertz CT molecular complexity index is 493. The van der Waals surface area contributed by atoms with Crippen LogP contribution in [0.5, 0.6) is 0 Å². The van der Waals surface area contributed by atoms with Crippen molar-refractivity contribution in [2.75, 3.05) is 7.11 Å². The molecule has 5 heteroatoms. The number of pyridine rings is 1. The van der Waals surface area contributed by atoms with Crippen LogP contribution in [-0.4, -0.2) is 23.0 Å². The Labute approximate surface area is 88.4 Å². The lowest BCUT2D eigenvalue weighted by Crippen LogP contribution is -2.03. The smallest absolute Gasteiger partial charge is 0.356 e. The quantitative estimate of drug-likeness (QED) is 0.794. The molecule has 0 bridgehead atoms. The minimum absolute atomic E-state index is 0.306. The van der Waals surface area contributed by atoms with E-state index in [-0.39, 0.29) is 0 Å². The van der Waals surface area contributed by atoms with E-state index in [0.717, 1.165) is 15.5 Å². The van der Waals surface area contributed by atoms with Crippen molar-refractivity contribution in [3.8, 4) is 0 Å². The number of methoxy groups -OCH3 is 1. The fourth-order valence-electron chi connectivity index (χ4n) is 1.19. The van der Waals surface area contributed by atoms with Gasteiger partial charge in [-0.05, 0) is 28.1 Å². The molecule has 0 aliphatic rings. The number of nitrogens with zero attached hydrogens (tertiary/aromatic N) is 1. The van der Waals surface area contributed by atoms with Crippen LogP contribution in [0.3, 0.4) is 0 Å². The molecule has 0 radical (unpaired) electrons. The maximum atomic E-state index is 11.2. The van der Waals surface area contributed by atoms with Gasteiger partial charge in [0.15, 0.2) is 0 Å². The summed E-state index contributed by atoms with van der Waals surface area (Å²) < 4.78 is 5.41. The van der Waals surface area contributed by atoms with Crippen molar-refractivity contribution >= 4 is 32.9 Å². The van der Waals surface area contributed by atoms with E-state index in [0.29, 0.717) is 5.69 Å². The molecule has 0 unspecified atom stereocenters. The van der Waals surface area contributed by atoms with E-state index in [9.17, 15) is 4.79 Å². The molecule has 0 aliphatic heterocycles. The number of fused-ring (bicyclic) bond motifs is 1. The zero-order valence-electron chi connectivity index (χ0n) is 7.37. The van der Waals surface area contributed by atoms with Crippen molar-refractivity contribution < 1.29 is 9.53 Å². The Morgan fingerprint density at radius 3 is 3.07 bits per heavy atom. The molecule has 1 N–H and O–H groups in total. The first-order valence-corrected chi connectivity index (χ1v) is 4.73. The molecule has 0 fully saturated rings. The second-order valence-corrected chi connectivity index (χ2v) is 3.58. The van der Waals surface area contributed by atoms with Gasteiger partial charge in [0.2, 0.25) is 0 Å². The first kappa shape index (κ1) is 9.21. The van der Waals surface area contributed by atoms with Gasteiger partial charge < -0.3 is 9.72 Å². The van der Waals surface area contributed by atoms with Crippen LogP contribution in [0.2, 0.25) is 0 Å². The third-order valence-electron chi connectivity index (χ3n) is 1.87. The van der Waals surface area contributed by atoms with Gasteiger partial charge in [0.25, 0.3) is 0 Å². The van der Waals surface area contributed by atoms with Crippen LogP contribution >= 0.6 is 15.9 Å². The number of halogens is 1. The normalized spacial score (nSPS) is 10.4. The highest BCUT2D eigenvalue weighted by Crippen LogP contribution is 2.21. The second-order valence-electron chi connectivity index (χ2n) is 2.72. The lowest BCUT2D eigenvalue weighted by Gasteiger charge is -1.97. The molecule has 0 amide bonds. The Hall–Kier alpha value is -1.36. The lowest BCUT2D eigenvalue weighted by atomic mass is 10.3. The zero-order valence-corrected chi connectivity index (χ0v) is 8.96. The van der Waals surface area contributed by atoms with Gasteiger partial charge >= 0.3 is 5.97 Å². The van der Waals surface area contributed by atoms with Gasteiger partial charge in [0.05, 0.1) is 17.1 Å². The predicted octanol–water partition coefficient (Wildman–Crippen LogP) is 2.11. The van der Waals surface area contributed by atoms with Gasteiger partial charge in [-0.1, -0.05) is 0 Å². The van der Waals surface area contributed by atoms with Crippen LogP contribution in [0.4, 0.5) is 0 Å². The lowest BCUT2D eigenvalue weighted by molar-refractivity contribution is 0.0594. The van der Waals surface area contributed by atoms with E-state index in [2.05, 4.69) is 30.6 Å². The third kappa shape index (κ3) is 1.39. The first-order chi connectivity index (χ1) is 6.72. The number of carbonyl (C=O) groups is 1. The molecule has 2 rings (SSSR count). The second kappa shape index (κ2) is 3.42. The molecule has 0 spiro atoms. The van der Waals surface area contributed by atoms with Crippen molar-refractivity contribution in [1.29, 1.82) is 0 Å². The molecular formula is C9H7BrN2O2. The minimum Gasteiger partial charge on any atom is -0.464 e. The molecule has 0 aromatic carbocycles. The number of hydrogen-bond acceptors (Lipinski definition) is 3. The zero-order chi connectivity index (χ0) is 10.1. The summed E-state index contributed by atoms with van der Waals surface area (Å²) in [7, 11) is 1.33. The number of esters is 1. The molecule has 2 aromatic rings. The number of rotatable bonds is 1. The predicted molar refractivity (Wildman–Crippen MR) is 55.1 cm³/mol. The van der Waals surface area contributed by atoms with Crippen molar-refractivity contribution in [3.63, 3.8) is 0 Å². The summed E-state index contributed by atoms with van der Waals surface area (Å²) in [6.45, 7) is 0. The molecule has 2 aromatic heterocycles. The van der Waals surface area contributed by atoms with E-state index < -0.39 is 5.97 Å². The number of carbonyl (C=O) groups excluding carboxylic acids is 1. The summed E-state index contributed by atoms with van der Waals surface area (Å²) in [5, 5.41) is 0. The van der Waals surface area contributed by atoms with E-state index in [4.69, 9.17) is 0 Å². The molecule has 14 heavy (non-hydrogen) atoms.